The number of aromatic nitrogens is 3. The highest BCUT2D eigenvalue weighted by Crippen LogP contribution is 2.31. The third kappa shape index (κ3) is 3.39. The Hall–Kier alpha value is -2.17. The quantitative estimate of drug-likeness (QED) is 0.645. The van der Waals surface area contributed by atoms with Gasteiger partial charge in [-0.15, -0.1) is 0 Å². The van der Waals surface area contributed by atoms with Gasteiger partial charge >= 0.3 is 6.09 Å². The SMILES string of the molecule is Cn1c(-c2nc(N)ncc2I)cc2c1CCN(C(=O)OC(C)(C)C)C2=O. The van der Waals surface area contributed by atoms with Gasteiger partial charge in [-0.05, 0) is 49.4 Å². The highest BCUT2D eigenvalue weighted by molar-refractivity contribution is 14.1. The summed E-state index contributed by atoms with van der Waals surface area (Å²) in [4.78, 5) is 34.6. The van der Waals surface area contributed by atoms with E-state index in [1.807, 2.05) is 11.6 Å². The highest BCUT2D eigenvalue weighted by atomic mass is 127. The maximum Gasteiger partial charge on any atom is 0.417 e. The van der Waals surface area contributed by atoms with Crippen molar-refractivity contribution in [2.24, 2.45) is 7.05 Å². The van der Waals surface area contributed by atoms with E-state index >= 15 is 0 Å². The number of nitrogens with two attached hydrogens (primary N) is 1. The van der Waals surface area contributed by atoms with Crippen molar-refractivity contribution in [1.82, 2.24) is 19.4 Å². The minimum Gasteiger partial charge on any atom is -0.443 e. The average Bonchev–Trinajstić information content (AvgIpc) is 2.86. The number of carbonyl (C=O) groups is 2. The van der Waals surface area contributed by atoms with E-state index < -0.39 is 11.7 Å². The molecule has 3 rings (SSSR count). The summed E-state index contributed by atoms with van der Waals surface area (Å²) in [5, 5.41) is 0. The third-order valence-corrected chi connectivity index (χ3v) is 4.81. The summed E-state index contributed by atoms with van der Waals surface area (Å²) in [5.74, 6) is -0.194. The number of hydrogen-bond acceptors (Lipinski definition) is 6. The molecule has 0 saturated carbocycles. The molecular weight excluding hydrogens is 449 g/mol. The number of anilines is 1. The molecule has 0 bridgehead atoms. The number of halogens is 1. The van der Waals surface area contributed by atoms with Gasteiger partial charge in [0.25, 0.3) is 5.91 Å². The van der Waals surface area contributed by atoms with Crippen molar-refractivity contribution in [1.29, 1.82) is 0 Å². The molecule has 2 aromatic rings. The molecule has 0 fully saturated rings. The first-order valence-electron chi connectivity index (χ1n) is 8.10. The Labute approximate surface area is 164 Å². The maximum absolute atomic E-state index is 12.8. The lowest BCUT2D eigenvalue weighted by Gasteiger charge is -2.28. The van der Waals surface area contributed by atoms with Crippen LogP contribution >= 0.6 is 22.6 Å². The molecule has 0 saturated heterocycles. The zero-order valence-corrected chi connectivity index (χ0v) is 17.2. The monoisotopic (exact) mass is 469 g/mol. The van der Waals surface area contributed by atoms with Crippen LogP contribution < -0.4 is 5.73 Å². The van der Waals surface area contributed by atoms with Gasteiger partial charge in [0, 0.05) is 31.9 Å². The Morgan fingerprint density at radius 1 is 1.38 bits per heavy atom. The van der Waals surface area contributed by atoms with Gasteiger partial charge in [-0.3, -0.25) is 4.79 Å². The molecule has 1 aliphatic heterocycles. The van der Waals surface area contributed by atoms with Crippen LogP contribution in [-0.2, 0) is 18.2 Å². The highest BCUT2D eigenvalue weighted by Gasteiger charge is 2.35. The first-order valence-corrected chi connectivity index (χ1v) is 9.18. The molecule has 1 aliphatic rings. The lowest BCUT2D eigenvalue weighted by Crippen LogP contribution is -2.44. The summed E-state index contributed by atoms with van der Waals surface area (Å²) in [5.41, 5.74) is 7.81. The van der Waals surface area contributed by atoms with E-state index in [0.717, 1.165) is 19.9 Å². The molecule has 0 unspecified atom stereocenters. The summed E-state index contributed by atoms with van der Waals surface area (Å²) in [6.07, 6.45) is 1.56. The second-order valence-corrected chi connectivity index (χ2v) is 8.22. The molecule has 3 heterocycles. The normalized spacial score (nSPS) is 14.3. The van der Waals surface area contributed by atoms with E-state index in [1.54, 1.807) is 33.0 Å². The van der Waals surface area contributed by atoms with Crippen LogP contribution in [0.5, 0.6) is 0 Å². The standard InChI is InChI=1S/C17H20IN5O3/c1-17(2,3)26-16(25)23-6-5-11-9(14(23)24)7-12(22(11)4)13-10(18)8-20-15(19)21-13/h7-8H,5-6H2,1-4H3,(H2,19,20,21). The van der Waals surface area contributed by atoms with Gasteiger partial charge < -0.3 is 15.0 Å². The van der Waals surface area contributed by atoms with Gasteiger partial charge in [0.1, 0.15) is 11.3 Å². The molecule has 0 spiro atoms. The number of ether oxygens (including phenoxy) is 1. The number of amides is 2. The first kappa shape index (κ1) is 18.6. The van der Waals surface area contributed by atoms with Crippen molar-refractivity contribution >= 4 is 40.5 Å². The molecule has 0 radical (unpaired) electrons. The fourth-order valence-electron chi connectivity index (χ4n) is 2.87. The second kappa shape index (κ2) is 6.53. The second-order valence-electron chi connectivity index (χ2n) is 7.06. The van der Waals surface area contributed by atoms with E-state index in [-0.39, 0.29) is 18.4 Å². The molecule has 0 aromatic carbocycles. The Morgan fingerprint density at radius 2 is 2.08 bits per heavy atom. The molecule has 138 valence electrons. The summed E-state index contributed by atoms with van der Waals surface area (Å²) in [7, 11) is 1.87. The summed E-state index contributed by atoms with van der Waals surface area (Å²) in [6.45, 7) is 5.59. The van der Waals surface area contributed by atoms with Crippen LogP contribution in [0.15, 0.2) is 12.3 Å². The zero-order valence-electron chi connectivity index (χ0n) is 15.0. The van der Waals surface area contributed by atoms with Gasteiger partial charge in [-0.1, -0.05) is 0 Å². The van der Waals surface area contributed by atoms with E-state index in [4.69, 9.17) is 10.5 Å². The van der Waals surface area contributed by atoms with Crippen molar-refractivity contribution in [3.63, 3.8) is 0 Å². The molecule has 2 aromatic heterocycles. The molecule has 0 aliphatic carbocycles. The van der Waals surface area contributed by atoms with Gasteiger partial charge in [0.2, 0.25) is 5.95 Å². The predicted octanol–water partition coefficient (Wildman–Crippen LogP) is 2.60. The summed E-state index contributed by atoms with van der Waals surface area (Å²) in [6, 6.07) is 1.75. The summed E-state index contributed by atoms with van der Waals surface area (Å²) >= 11 is 2.13. The predicted molar refractivity (Wildman–Crippen MR) is 105 cm³/mol. The number of rotatable bonds is 1. The Kier molecular flexibility index (Phi) is 4.67. The van der Waals surface area contributed by atoms with Gasteiger partial charge in [0.05, 0.1) is 14.8 Å². The van der Waals surface area contributed by atoms with E-state index in [1.165, 1.54) is 0 Å². The number of fused-ring (bicyclic) bond motifs is 1. The number of nitrogens with zero attached hydrogens (tertiary/aromatic N) is 4. The minimum atomic E-state index is -0.659. The maximum atomic E-state index is 12.8. The molecule has 26 heavy (non-hydrogen) atoms. The minimum absolute atomic E-state index is 0.168. The van der Waals surface area contributed by atoms with Gasteiger partial charge in [-0.25, -0.2) is 19.7 Å². The fourth-order valence-corrected chi connectivity index (χ4v) is 3.41. The van der Waals surface area contributed by atoms with Crippen LogP contribution in [0, 0.1) is 3.57 Å². The van der Waals surface area contributed by atoms with Crippen molar-refractivity contribution in [2.75, 3.05) is 12.3 Å². The van der Waals surface area contributed by atoms with Crippen molar-refractivity contribution < 1.29 is 14.3 Å². The van der Waals surface area contributed by atoms with E-state index in [0.29, 0.717) is 17.7 Å². The Balaban J connectivity index is 1.99. The molecule has 8 nitrogen and oxygen atoms in total. The van der Waals surface area contributed by atoms with Crippen LogP contribution in [-0.4, -0.2) is 43.6 Å². The largest absolute Gasteiger partial charge is 0.443 e. The fraction of sp³-hybridized carbons (Fsp3) is 0.412. The lowest BCUT2D eigenvalue weighted by atomic mass is 10.1. The Bertz CT molecular complexity index is 901. The topological polar surface area (TPSA) is 103 Å². The lowest BCUT2D eigenvalue weighted by molar-refractivity contribution is 0.0232. The average molecular weight is 469 g/mol. The molecule has 2 N–H and O–H groups in total. The number of imide groups is 1. The van der Waals surface area contributed by atoms with Gasteiger partial charge in [0.15, 0.2) is 0 Å². The molecular formula is C17H20IN5O3. The van der Waals surface area contributed by atoms with Crippen LogP contribution in [0.3, 0.4) is 0 Å². The number of hydrogen-bond donors (Lipinski definition) is 1. The zero-order chi connectivity index (χ0) is 19.2. The Morgan fingerprint density at radius 3 is 2.73 bits per heavy atom. The molecule has 2 amide bonds. The number of nitrogen functional groups attached to an aromatic ring is 1. The third-order valence-electron chi connectivity index (χ3n) is 4.03. The molecule has 9 heteroatoms. The molecule has 0 atom stereocenters. The van der Waals surface area contributed by atoms with E-state index in [9.17, 15) is 9.59 Å². The van der Waals surface area contributed by atoms with Crippen LogP contribution in [0.25, 0.3) is 11.4 Å². The van der Waals surface area contributed by atoms with E-state index in [2.05, 4.69) is 32.6 Å². The van der Waals surface area contributed by atoms with Gasteiger partial charge in [-0.2, -0.15) is 0 Å². The van der Waals surface area contributed by atoms with Crippen molar-refractivity contribution in [3.05, 3.63) is 27.1 Å². The van der Waals surface area contributed by atoms with Crippen LogP contribution in [0.4, 0.5) is 10.7 Å². The van der Waals surface area contributed by atoms with Crippen molar-refractivity contribution in [2.45, 2.75) is 32.8 Å². The van der Waals surface area contributed by atoms with Crippen molar-refractivity contribution in [3.8, 4) is 11.4 Å². The van der Waals surface area contributed by atoms with Crippen LogP contribution in [0.2, 0.25) is 0 Å². The summed E-state index contributed by atoms with van der Waals surface area (Å²) < 4.78 is 8.09. The smallest absolute Gasteiger partial charge is 0.417 e. The first-order chi connectivity index (χ1) is 12.1. The van der Waals surface area contributed by atoms with Crippen LogP contribution in [0.1, 0.15) is 36.8 Å². The number of carbonyl (C=O) groups excluding carboxylic acids is 2.